The first kappa shape index (κ1) is 31.8. The molecule has 11 nitrogen and oxygen atoms in total. The van der Waals surface area contributed by atoms with E-state index in [9.17, 15) is 31.9 Å². The molecule has 0 bridgehead atoms. The Labute approximate surface area is 276 Å². The third-order valence-corrected chi connectivity index (χ3v) is 10.4. The van der Waals surface area contributed by atoms with Crippen molar-refractivity contribution in [3.63, 3.8) is 0 Å². The molecular weight excluding hydrogens is 655 g/mol. The standard InChI is InChI=1S/C33H31F5N6O5/c34-22-4-1-19(2-5-22)10-43(31(17-49-18-31)33(36,37)38)28(45)14-42-29(46)32(40-30(42)47)8-27(35)25-7-20(3-6-26(25)32)21-9-39-44(11-21)23-12-41(13-23)24-15-48-16-24/h1-7,9,11,23-24,27H,8,10,12-18H2,(H,40,47)/t27-,32+/m1/s1. The van der Waals surface area contributed by atoms with E-state index in [4.69, 9.17) is 9.47 Å². The van der Waals surface area contributed by atoms with Crippen molar-refractivity contribution in [2.75, 3.05) is 46.1 Å². The van der Waals surface area contributed by atoms with E-state index in [1.54, 1.807) is 24.4 Å². The lowest BCUT2D eigenvalue weighted by molar-refractivity contribution is -0.302. The van der Waals surface area contributed by atoms with Gasteiger partial charge in [-0.25, -0.2) is 13.6 Å². The number of hydrogen-bond donors (Lipinski definition) is 1. The molecular formula is C33H31F5N6O5. The minimum absolute atomic E-state index is 0.187. The molecule has 1 aliphatic carbocycles. The predicted octanol–water partition coefficient (Wildman–Crippen LogP) is 3.47. The van der Waals surface area contributed by atoms with Gasteiger partial charge < -0.3 is 19.7 Å². The molecule has 49 heavy (non-hydrogen) atoms. The fourth-order valence-electron chi connectivity index (χ4n) is 7.28. The number of nitrogens with one attached hydrogen (secondary N) is 1. The summed E-state index contributed by atoms with van der Waals surface area (Å²) in [6.07, 6.45) is -3.44. The summed E-state index contributed by atoms with van der Waals surface area (Å²) >= 11 is 0. The Morgan fingerprint density at radius 3 is 2.39 bits per heavy atom. The molecule has 16 heteroatoms. The molecule has 0 radical (unpaired) electrons. The lowest BCUT2D eigenvalue weighted by atomic mass is 9.90. The Kier molecular flexibility index (Phi) is 7.35. The monoisotopic (exact) mass is 686 g/mol. The first-order valence-corrected chi connectivity index (χ1v) is 15.9. The number of ether oxygens (including phenoxy) is 2. The number of benzene rings is 2. The van der Waals surface area contributed by atoms with Crippen LogP contribution >= 0.6 is 0 Å². The number of carbonyl (C=O) groups excluding carboxylic acids is 3. The third-order valence-electron chi connectivity index (χ3n) is 10.4. The van der Waals surface area contributed by atoms with Crippen molar-refractivity contribution in [2.24, 2.45) is 0 Å². The number of nitrogens with zero attached hydrogens (tertiary/aromatic N) is 5. The van der Waals surface area contributed by atoms with Gasteiger partial charge in [-0.3, -0.25) is 24.1 Å². The molecule has 2 aromatic carbocycles. The van der Waals surface area contributed by atoms with Crippen LogP contribution in [0.1, 0.15) is 35.3 Å². The lowest BCUT2D eigenvalue weighted by Gasteiger charge is -2.50. The van der Waals surface area contributed by atoms with Gasteiger partial charge in [0.2, 0.25) is 5.91 Å². The van der Waals surface area contributed by atoms with Crippen molar-refractivity contribution in [1.82, 2.24) is 29.8 Å². The molecule has 0 unspecified atom stereocenters. The van der Waals surface area contributed by atoms with Gasteiger partial charge in [-0.1, -0.05) is 24.3 Å². The summed E-state index contributed by atoms with van der Waals surface area (Å²) in [7, 11) is 0. The zero-order valence-corrected chi connectivity index (χ0v) is 26.0. The van der Waals surface area contributed by atoms with E-state index >= 15 is 4.39 Å². The Balaban J connectivity index is 1.02. The van der Waals surface area contributed by atoms with E-state index in [1.165, 1.54) is 12.1 Å². The van der Waals surface area contributed by atoms with Crippen LogP contribution in [-0.4, -0.2) is 106 Å². The first-order chi connectivity index (χ1) is 23.4. The first-order valence-electron chi connectivity index (χ1n) is 15.9. The van der Waals surface area contributed by atoms with Crippen molar-refractivity contribution in [2.45, 2.75) is 48.5 Å². The third kappa shape index (κ3) is 5.02. The highest BCUT2D eigenvalue weighted by Gasteiger charge is 2.65. The number of imide groups is 1. The number of halogens is 5. The molecule has 258 valence electrons. The van der Waals surface area contributed by atoms with Crippen LogP contribution in [-0.2, 0) is 31.1 Å². The number of amides is 4. The zero-order valence-electron chi connectivity index (χ0n) is 26.0. The highest BCUT2D eigenvalue weighted by molar-refractivity contribution is 6.10. The maximum atomic E-state index is 15.7. The summed E-state index contributed by atoms with van der Waals surface area (Å²) in [6, 6.07) is 9.05. The molecule has 5 heterocycles. The van der Waals surface area contributed by atoms with Crippen molar-refractivity contribution >= 4 is 17.8 Å². The minimum atomic E-state index is -4.91. The van der Waals surface area contributed by atoms with Gasteiger partial charge in [-0.2, -0.15) is 18.3 Å². The van der Waals surface area contributed by atoms with Gasteiger partial charge in [0.25, 0.3) is 5.91 Å². The largest absolute Gasteiger partial charge is 0.416 e. The fraction of sp³-hybridized carbons (Fsp3) is 0.455. The molecule has 1 aromatic heterocycles. The minimum Gasteiger partial charge on any atom is -0.378 e. The summed E-state index contributed by atoms with van der Waals surface area (Å²) in [4.78, 5) is 44.1. The predicted molar refractivity (Wildman–Crippen MR) is 160 cm³/mol. The topological polar surface area (TPSA) is 109 Å². The highest BCUT2D eigenvalue weighted by atomic mass is 19.4. The lowest BCUT2D eigenvalue weighted by Crippen LogP contribution is -2.72. The van der Waals surface area contributed by atoms with Gasteiger partial charge in [-0.05, 0) is 40.5 Å². The number of likely N-dealkylation sites (tertiary alicyclic amines) is 1. The van der Waals surface area contributed by atoms with Gasteiger partial charge in [0.1, 0.15) is 24.1 Å². The quantitative estimate of drug-likeness (QED) is 0.286. The number of urea groups is 1. The van der Waals surface area contributed by atoms with Crippen LogP contribution in [0.3, 0.4) is 0 Å². The van der Waals surface area contributed by atoms with E-state index in [0.29, 0.717) is 21.4 Å². The molecule has 4 saturated heterocycles. The molecule has 3 aromatic rings. The summed E-state index contributed by atoms with van der Waals surface area (Å²) in [6.45, 7) is -0.129. The van der Waals surface area contributed by atoms with E-state index in [1.807, 2.05) is 10.9 Å². The number of carbonyl (C=O) groups is 3. The number of aromatic nitrogens is 2. The maximum Gasteiger partial charge on any atom is 0.416 e. The summed E-state index contributed by atoms with van der Waals surface area (Å²) in [5.74, 6) is -2.73. The van der Waals surface area contributed by atoms with Crippen LogP contribution in [0.5, 0.6) is 0 Å². The van der Waals surface area contributed by atoms with Gasteiger partial charge in [0.05, 0.1) is 44.7 Å². The number of rotatable bonds is 8. The fourth-order valence-corrected chi connectivity index (χ4v) is 7.28. The van der Waals surface area contributed by atoms with E-state index < -0.39 is 79.8 Å². The van der Waals surface area contributed by atoms with Crippen LogP contribution < -0.4 is 5.32 Å². The van der Waals surface area contributed by atoms with Crippen LogP contribution in [0.25, 0.3) is 11.1 Å². The van der Waals surface area contributed by atoms with Crippen molar-refractivity contribution in [1.29, 1.82) is 0 Å². The molecule has 5 aliphatic rings. The molecule has 4 fully saturated rings. The summed E-state index contributed by atoms with van der Waals surface area (Å²) in [5.41, 5.74) is -2.55. The molecule has 1 N–H and O–H groups in total. The van der Waals surface area contributed by atoms with Gasteiger partial charge >= 0.3 is 12.2 Å². The normalized spacial score (nSPS) is 25.2. The number of fused-ring (bicyclic) bond motifs is 2. The Bertz CT molecular complexity index is 1820. The average molecular weight is 687 g/mol. The van der Waals surface area contributed by atoms with Crippen LogP contribution in [0, 0.1) is 5.82 Å². The summed E-state index contributed by atoms with van der Waals surface area (Å²) < 4.78 is 84.4. The Morgan fingerprint density at radius 2 is 1.76 bits per heavy atom. The molecule has 8 rings (SSSR count). The average Bonchev–Trinajstić information content (AvgIpc) is 3.64. The van der Waals surface area contributed by atoms with Crippen molar-refractivity contribution < 1.29 is 45.8 Å². The van der Waals surface area contributed by atoms with Crippen LogP contribution in [0.15, 0.2) is 54.9 Å². The zero-order chi connectivity index (χ0) is 34.3. The van der Waals surface area contributed by atoms with E-state index in [2.05, 4.69) is 15.3 Å². The second-order valence-corrected chi connectivity index (χ2v) is 13.3. The smallest absolute Gasteiger partial charge is 0.378 e. The Hall–Kier alpha value is -4.41. The van der Waals surface area contributed by atoms with Gasteiger partial charge in [-0.15, -0.1) is 0 Å². The van der Waals surface area contributed by atoms with Crippen molar-refractivity contribution in [3.05, 3.63) is 77.4 Å². The van der Waals surface area contributed by atoms with Crippen molar-refractivity contribution in [3.8, 4) is 11.1 Å². The molecule has 0 saturated carbocycles. The SMILES string of the molecule is O=C1N[C@]2(C[C@@H](F)c3cc(-c4cnn(C5CN(C6COC6)C5)c4)ccc32)C(=O)N1CC(=O)N(Cc1ccc(F)cc1)C1(C(F)(F)F)COC1. The molecule has 2 atom stereocenters. The number of alkyl halides is 4. The molecule has 4 aliphatic heterocycles. The van der Waals surface area contributed by atoms with Crippen LogP contribution in [0.4, 0.5) is 26.7 Å². The maximum absolute atomic E-state index is 15.7. The van der Waals surface area contributed by atoms with Gasteiger partial charge in [0, 0.05) is 37.8 Å². The number of hydrogen-bond acceptors (Lipinski definition) is 7. The second-order valence-electron chi connectivity index (χ2n) is 13.3. The summed E-state index contributed by atoms with van der Waals surface area (Å²) in [5, 5.41) is 7.04. The second kappa shape index (κ2) is 11.3. The highest BCUT2D eigenvalue weighted by Crippen LogP contribution is 2.50. The van der Waals surface area contributed by atoms with E-state index in [-0.39, 0.29) is 22.7 Å². The van der Waals surface area contributed by atoms with Crippen LogP contribution in [0.2, 0.25) is 0 Å². The Morgan fingerprint density at radius 1 is 1.02 bits per heavy atom. The molecule has 4 amide bonds. The van der Waals surface area contributed by atoms with E-state index in [0.717, 1.165) is 44.0 Å². The van der Waals surface area contributed by atoms with Gasteiger partial charge in [0.15, 0.2) is 5.54 Å². The molecule has 1 spiro atoms.